The van der Waals surface area contributed by atoms with Gasteiger partial charge in [-0.05, 0) is 44.2 Å². The first-order chi connectivity index (χ1) is 9.28. The Morgan fingerprint density at radius 2 is 2.30 bits per heavy atom. The molecular formula is C15H26IN3O. The van der Waals surface area contributed by atoms with Crippen molar-refractivity contribution < 1.29 is 4.42 Å². The van der Waals surface area contributed by atoms with Gasteiger partial charge in [-0.15, -0.1) is 24.0 Å². The Bertz CT molecular complexity index is 388. The number of halogens is 1. The highest BCUT2D eigenvalue weighted by molar-refractivity contribution is 14.0. The lowest BCUT2D eigenvalue weighted by Gasteiger charge is -2.16. The van der Waals surface area contributed by atoms with Crippen LogP contribution in [0.25, 0.3) is 0 Å². The largest absolute Gasteiger partial charge is 0.469 e. The lowest BCUT2D eigenvalue weighted by molar-refractivity contribution is 0.506. The van der Waals surface area contributed by atoms with E-state index in [1.165, 1.54) is 12.8 Å². The summed E-state index contributed by atoms with van der Waals surface area (Å²) in [6.45, 7) is 6.16. The number of guanidine groups is 1. The highest BCUT2D eigenvalue weighted by Crippen LogP contribution is 2.28. The molecule has 0 amide bonds. The SMILES string of the molecule is CCC(C)NC(=NCC1CC1)NCCc1ccco1.I. The molecule has 1 aliphatic carbocycles. The number of nitrogens with zero attached hydrogens (tertiary/aromatic N) is 1. The summed E-state index contributed by atoms with van der Waals surface area (Å²) in [5.74, 6) is 2.77. The Morgan fingerprint density at radius 3 is 2.90 bits per heavy atom. The number of aliphatic imine (C=N–C) groups is 1. The van der Waals surface area contributed by atoms with Crippen molar-refractivity contribution in [2.75, 3.05) is 13.1 Å². The van der Waals surface area contributed by atoms with Crippen molar-refractivity contribution >= 4 is 29.9 Å². The van der Waals surface area contributed by atoms with Crippen molar-refractivity contribution in [1.82, 2.24) is 10.6 Å². The summed E-state index contributed by atoms with van der Waals surface area (Å²) < 4.78 is 5.33. The molecule has 0 aromatic carbocycles. The third-order valence-corrected chi connectivity index (χ3v) is 3.44. The number of hydrogen-bond acceptors (Lipinski definition) is 2. The van der Waals surface area contributed by atoms with Crippen molar-refractivity contribution in [3.63, 3.8) is 0 Å². The summed E-state index contributed by atoms with van der Waals surface area (Å²) >= 11 is 0. The van der Waals surface area contributed by atoms with Crippen molar-refractivity contribution in [3.8, 4) is 0 Å². The van der Waals surface area contributed by atoms with E-state index in [9.17, 15) is 0 Å². The van der Waals surface area contributed by atoms with Crippen LogP contribution in [-0.2, 0) is 6.42 Å². The summed E-state index contributed by atoms with van der Waals surface area (Å²) in [6, 6.07) is 4.38. The van der Waals surface area contributed by atoms with Crippen molar-refractivity contribution in [2.24, 2.45) is 10.9 Å². The molecule has 1 saturated carbocycles. The number of rotatable bonds is 7. The first kappa shape index (κ1) is 17.3. The minimum atomic E-state index is 0. The molecule has 1 atom stereocenters. The zero-order valence-electron chi connectivity index (χ0n) is 12.4. The van der Waals surface area contributed by atoms with Gasteiger partial charge in [-0.2, -0.15) is 0 Å². The third-order valence-electron chi connectivity index (χ3n) is 3.44. The molecule has 1 aliphatic rings. The fourth-order valence-corrected chi connectivity index (χ4v) is 1.77. The molecule has 20 heavy (non-hydrogen) atoms. The van der Waals surface area contributed by atoms with Gasteiger partial charge < -0.3 is 15.1 Å². The van der Waals surface area contributed by atoms with Crippen molar-refractivity contribution in [1.29, 1.82) is 0 Å². The summed E-state index contributed by atoms with van der Waals surface area (Å²) in [4.78, 5) is 4.66. The number of nitrogens with one attached hydrogen (secondary N) is 2. The van der Waals surface area contributed by atoms with Gasteiger partial charge in [-0.25, -0.2) is 0 Å². The van der Waals surface area contributed by atoms with Crippen molar-refractivity contribution in [2.45, 2.75) is 45.6 Å². The Kier molecular flexibility index (Phi) is 8.02. The zero-order chi connectivity index (χ0) is 13.5. The summed E-state index contributed by atoms with van der Waals surface area (Å²) in [5, 5.41) is 6.82. The lowest BCUT2D eigenvalue weighted by atomic mass is 10.3. The predicted octanol–water partition coefficient (Wildman–Crippen LogP) is 3.18. The first-order valence-corrected chi connectivity index (χ1v) is 7.35. The van der Waals surface area contributed by atoms with Crippen LogP contribution >= 0.6 is 24.0 Å². The Hall–Kier alpha value is -0.720. The van der Waals surface area contributed by atoms with E-state index in [0.29, 0.717) is 6.04 Å². The van der Waals surface area contributed by atoms with Crippen LogP contribution in [-0.4, -0.2) is 25.1 Å². The molecule has 1 fully saturated rings. The summed E-state index contributed by atoms with van der Waals surface area (Å²) in [6.07, 6.45) is 6.38. The monoisotopic (exact) mass is 391 g/mol. The van der Waals surface area contributed by atoms with E-state index in [2.05, 4.69) is 29.5 Å². The molecule has 0 saturated heterocycles. The summed E-state index contributed by atoms with van der Waals surface area (Å²) in [7, 11) is 0. The van der Waals surface area contributed by atoms with Gasteiger partial charge in [0.05, 0.1) is 6.26 Å². The van der Waals surface area contributed by atoms with Gasteiger partial charge >= 0.3 is 0 Å². The average molecular weight is 391 g/mol. The second-order valence-corrected chi connectivity index (χ2v) is 5.34. The van der Waals surface area contributed by atoms with E-state index in [-0.39, 0.29) is 24.0 Å². The number of furan rings is 1. The van der Waals surface area contributed by atoms with Crippen LogP contribution in [0.2, 0.25) is 0 Å². The van der Waals surface area contributed by atoms with Crippen LogP contribution in [0, 0.1) is 5.92 Å². The van der Waals surface area contributed by atoms with E-state index in [1.807, 2.05) is 12.1 Å². The molecule has 1 heterocycles. The Balaban J connectivity index is 0.00000200. The highest BCUT2D eigenvalue weighted by Gasteiger charge is 2.20. The molecule has 1 aromatic rings. The normalized spacial score (nSPS) is 16.4. The molecule has 0 radical (unpaired) electrons. The molecule has 4 nitrogen and oxygen atoms in total. The maximum absolute atomic E-state index is 5.33. The van der Waals surface area contributed by atoms with Crippen LogP contribution in [0.15, 0.2) is 27.8 Å². The minimum absolute atomic E-state index is 0. The molecule has 0 bridgehead atoms. The summed E-state index contributed by atoms with van der Waals surface area (Å²) in [5.41, 5.74) is 0. The highest BCUT2D eigenvalue weighted by atomic mass is 127. The van der Waals surface area contributed by atoms with E-state index < -0.39 is 0 Å². The molecule has 0 aliphatic heterocycles. The minimum Gasteiger partial charge on any atom is -0.469 e. The second kappa shape index (κ2) is 9.26. The standard InChI is InChI=1S/C15H25N3O.HI/c1-3-12(2)18-15(17-11-13-6-7-13)16-9-8-14-5-4-10-19-14;/h4-5,10,12-13H,3,6-9,11H2,1-2H3,(H2,16,17,18);1H. The number of hydrogen-bond donors (Lipinski definition) is 2. The van der Waals surface area contributed by atoms with Gasteiger partial charge in [0, 0.05) is 25.6 Å². The molecular weight excluding hydrogens is 365 g/mol. The second-order valence-electron chi connectivity index (χ2n) is 5.34. The van der Waals surface area contributed by atoms with Gasteiger partial charge in [0.15, 0.2) is 5.96 Å². The molecule has 2 N–H and O–H groups in total. The maximum Gasteiger partial charge on any atom is 0.191 e. The van der Waals surface area contributed by atoms with Crippen molar-refractivity contribution in [3.05, 3.63) is 24.2 Å². The topological polar surface area (TPSA) is 49.6 Å². The van der Waals surface area contributed by atoms with Crippen LogP contribution in [0.4, 0.5) is 0 Å². The molecule has 5 heteroatoms. The van der Waals surface area contributed by atoms with Crippen LogP contribution in [0.1, 0.15) is 38.9 Å². The zero-order valence-corrected chi connectivity index (χ0v) is 14.7. The smallest absolute Gasteiger partial charge is 0.191 e. The lowest BCUT2D eigenvalue weighted by Crippen LogP contribution is -2.43. The van der Waals surface area contributed by atoms with E-state index in [1.54, 1.807) is 6.26 Å². The van der Waals surface area contributed by atoms with Crippen LogP contribution in [0.3, 0.4) is 0 Å². The molecule has 1 aromatic heterocycles. The van der Waals surface area contributed by atoms with Crippen LogP contribution in [0.5, 0.6) is 0 Å². The predicted molar refractivity (Wildman–Crippen MR) is 93.7 cm³/mol. The molecule has 1 unspecified atom stereocenters. The van der Waals surface area contributed by atoms with Gasteiger partial charge in [0.1, 0.15) is 5.76 Å². The maximum atomic E-state index is 5.33. The molecule has 0 spiro atoms. The van der Waals surface area contributed by atoms with Gasteiger partial charge in [-0.3, -0.25) is 4.99 Å². The van der Waals surface area contributed by atoms with Gasteiger partial charge in [-0.1, -0.05) is 6.92 Å². The Labute approximate surface area is 138 Å². The quantitative estimate of drug-likeness (QED) is 0.427. The fraction of sp³-hybridized carbons (Fsp3) is 0.667. The van der Waals surface area contributed by atoms with E-state index >= 15 is 0 Å². The Morgan fingerprint density at radius 1 is 1.50 bits per heavy atom. The van der Waals surface area contributed by atoms with E-state index in [0.717, 1.165) is 43.6 Å². The average Bonchev–Trinajstić information content (AvgIpc) is 3.11. The van der Waals surface area contributed by atoms with Gasteiger partial charge in [0.2, 0.25) is 0 Å². The molecule has 2 rings (SSSR count). The van der Waals surface area contributed by atoms with Gasteiger partial charge in [0.25, 0.3) is 0 Å². The fourth-order valence-electron chi connectivity index (χ4n) is 1.77. The molecule has 114 valence electrons. The third kappa shape index (κ3) is 6.63. The van der Waals surface area contributed by atoms with E-state index in [4.69, 9.17) is 4.42 Å². The first-order valence-electron chi connectivity index (χ1n) is 7.35. The van der Waals surface area contributed by atoms with Crippen LogP contribution < -0.4 is 10.6 Å².